The van der Waals surface area contributed by atoms with Crippen molar-refractivity contribution in [3.05, 3.63) is 304 Å². The van der Waals surface area contributed by atoms with Gasteiger partial charge in [0.2, 0.25) is 0 Å². The van der Waals surface area contributed by atoms with E-state index in [1.807, 2.05) is 84.1 Å². The third kappa shape index (κ3) is 21.1. The molecule has 18 aromatic rings. The number of rotatable bonds is 9. The molecular formula is C101H88Ir3N3O9S3-3. The van der Waals surface area contributed by atoms with Gasteiger partial charge in [-0.3, -0.25) is 29.3 Å². The fourth-order valence-electron chi connectivity index (χ4n) is 14.6. The van der Waals surface area contributed by atoms with Gasteiger partial charge in [-0.05, 0) is 212 Å². The zero-order valence-electron chi connectivity index (χ0n) is 68.7. The Bertz CT molecular complexity index is 6790. The summed E-state index contributed by atoms with van der Waals surface area (Å²) in [6, 6.07) is 81.8. The number of aliphatic hydroxyl groups is 3. The molecule has 9 aromatic heterocycles. The van der Waals surface area contributed by atoms with Crippen molar-refractivity contribution in [3.63, 3.8) is 0 Å². The number of allylic oxidation sites excluding steroid dienone is 6. The molecule has 0 spiro atoms. The normalized spacial score (nSPS) is 11.5. The van der Waals surface area contributed by atoms with Crippen molar-refractivity contribution in [3.8, 4) is 65.1 Å². The number of nitrogens with zero attached hydrogens (tertiary/aromatic N) is 3. The number of para-hydroxylation sites is 3. The van der Waals surface area contributed by atoms with Gasteiger partial charge in [-0.25, -0.2) is 0 Å². The van der Waals surface area contributed by atoms with E-state index in [4.69, 9.17) is 43.5 Å². The van der Waals surface area contributed by atoms with Gasteiger partial charge in [-0.1, -0.05) is 186 Å². The minimum atomic E-state index is -0.125. The Hall–Kier alpha value is -10.7. The van der Waals surface area contributed by atoms with Crippen molar-refractivity contribution in [1.82, 2.24) is 15.0 Å². The summed E-state index contributed by atoms with van der Waals surface area (Å²) in [4.78, 5) is 48.9. The average Bonchev–Trinajstić information content (AvgIpc) is 1.65. The third-order valence-corrected chi connectivity index (χ3v) is 22.6. The van der Waals surface area contributed by atoms with Crippen LogP contribution in [-0.2, 0) is 80.1 Å². The van der Waals surface area contributed by atoms with E-state index in [9.17, 15) is 14.4 Å². The largest absolute Gasteiger partial charge is 0.512 e. The smallest absolute Gasteiger partial charge is 0.155 e. The molecule has 9 heterocycles. The standard InChI is InChI=1S/C31H26NOS.C28H20NOS.C27H18NOS.3C5H8O2.3Ir/c1-18-15-20(31(3,4)5)16-19(2)29(18)28-17-25-27(34-28)14-13-24(32-25)23-11-8-10-22-21-9-6-7-12-26(21)33-30(22)23;1-16-13-17(2)27(18(3)14-16)26-15-23-25(31-26)12-11-22(29-23)21-9-6-8-20-19-7-4-5-10-24(19)30-28(20)21;1-16-12-17(2)14-18(13-16)26-15-23-25(30-26)11-10-22(28-23)21-8-5-7-20-19-6-3-4-9-24(19)29-27(20)21;3*1-4(6)3-5(2)7;;;/h6-10,12-17H,1-5H3;4-8,10-15H,1-3H3;3-7,9-15H,1-2H3;3*3,6H,1-2H3;;;/q3*-1;;;;;;. The van der Waals surface area contributed by atoms with Crippen LogP contribution >= 0.6 is 34.0 Å². The molecule has 0 saturated carbocycles. The van der Waals surface area contributed by atoms with Gasteiger partial charge >= 0.3 is 0 Å². The van der Waals surface area contributed by atoms with Crippen LogP contribution in [0.4, 0.5) is 0 Å². The van der Waals surface area contributed by atoms with E-state index >= 15 is 0 Å². The molecule has 0 bridgehead atoms. The number of thiophene rings is 3. The van der Waals surface area contributed by atoms with Crippen LogP contribution in [0, 0.1) is 66.7 Å². The molecule has 0 aliphatic rings. The first-order valence-electron chi connectivity index (χ1n) is 38.0. The van der Waals surface area contributed by atoms with Crippen molar-refractivity contribution in [2.75, 3.05) is 0 Å². The summed E-state index contributed by atoms with van der Waals surface area (Å²) in [7, 11) is 0. The number of pyridine rings is 3. The SMILES string of the molecule is CC(=O)C=C(C)O.CC(=O)C=C(C)O.CC(=O)C=C(C)O.Cc1cc(C(C)(C)C)cc(C)c1-c1cc2nc(-c3[c-]ccc4c3oc3ccccc34)ccc2s1.Cc1cc(C)c(-c2cc3nc(-c4[c-]ccc5c4oc4ccccc45)ccc3s2)c(C)c1.Cc1cc(C)cc(-c2cc3nc(-c4[c-]ccc5c4oc4ccccc45)ccc3s2)c1.[Ir].[Ir].[Ir]. The van der Waals surface area contributed by atoms with Gasteiger partial charge in [-0.15, -0.1) is 88.6 Å². The molecule has 12 nitrogen and oxygen atoms in total. The Morgan fingerprint density at radius 1 is 0.361 bits per heavy atom. The summed E-state index contributed by atoms with van der Waals surface area (Å²) in [5, 5.41) is 31.8. The van der Waals surface area contributed by atoms with Gasteiger partial charge < -0.3 is 28.6 Å². The van der Waals surface area contributed by atoms with Crippen LogP contribution in [0.1, 0.15) is 107 Å². The van der Waals surface area contributed by atoms with Crippen LogP contribution in [0.15, 0.2) is 255 Å². The van der Waals surface area contributed by atoms with Crippen LogP contribution in [-0.4, -0.2) is 47.6 Å². The second-order valence-electron chi connectivity index (χ2n) is 30.2. The minimum absolute atomic E-state index is 0. The van der Waals surface area contributed by atoms with E-state index in [-0.39, 0.29) is 100 Å². The number of carbonyl (C=O) groups is 3. The number of ketones is 3. The molecule has 0 atom stereocenters. The van der Waals surface area contributed by atoms with Crippen LogP contribution in [0.5, 0.6) is 0 Å². The monoisotopic (exact) mass is 2160 g/mol. The number of hydrogen-bond donors (Lipinski definition) is 3. The zero-order chi connectivity index (χ0) is 82.6. The summed E-state index contributed by atoms with van der Waals surface area (Å²) >= 11 is 5.39. The number of benzene rings is 9. The molecular weight excluding hydrogens is 2070 g/mol. The van der Waals surface area contributed by atoms with Gasteiger partial charge in [0.15, 0.2) is 17.3 Å². The Morgan fingerprint density at radius 2 is 0.655 bits per heavy atom. The third-order valence-electron chi connectivity index (χ3n) is 19.2. The van der Waals surface area contributed by atoms with Gasteiger partial charge in [0.05, 0.1) is 64.7 Å². The van der Waals surface area contributed by atoms with Gasteiger partial charge in [0.25, 0.3) is 0 Å². The summed E-state index contributed by atoms with van der Waals surface area (Å²) < 4.78 is 22.2. The van der Waals surface area contributed by atoms with Crippen LogP contribution in [0.25, 0.3) is 162 Å². The van der Waals surface area contributed by atoms with E-state index in [0.29, 0.717) is 0 Å². The van der Waals surface area contributed by atoms with Gasteiger partial charge in [0.1, 0.15) is 16.7 Å². The van der Waals surface area contributed by atoms with Gasteiger partial charge in [0, 0.05) is 109 Å². The second kappa shape index (κ2) is 39.0. The second-order valence-corrected chi connectivity index (χ2v) is 33.5. The molecule has 3 N–H and O–H groups in total. The molecule has 18 heteroatoms. The predicted molar refractivity (Wildman–Crippen MR) is 483 cm³/mol. The fourth-order valence-corrected chi connectivity index (χ4v) is 17.9. The number of carbonyl (C=O) groups excluding carboxylic acids is 3. The molecule has 0 aliphatic carbocycles. The summed E-state index contributed by atoms with van der Waals surface area (Å²) in [5.41, 5.74) is 28.1. The van der Waals surface area contributed by atoms with Crippen molar-refractivity contribution < 1.29 is 103 Å². The van der Waals surface area contributed by atoms with Crippen molar-refractivity contribution in [1.29, 1.82) is 0 Å². The molecule has 0 fully saturated rings. The number of furan rings is 3. The number of aliphatic hydroxyl groups excluding tert-OH is 3. The predicted octanol–water partition coefficient (Wildman–Crippen LogP) is 28.6. The molecule has 18 rings (SSSR count). The van der Waals surface area contributed by atoms with E-state index in [2.05, 4.69) is 221 Å². The van der Waals surface area contributed by atoms with Crippen LogP contribution < -0.4 is 0 Å². The van der Waals surface area contributed by atoms with E-state index in [1.54, 1.807) is 22.7 Å². The first-order valence-corrected chi connectivity index (χ1v) is 40.5. The molecule has 9 aromatic carbocycles. The molecule has 3 radical (unpaired) electrons. The Morgan fingerprint density at radius 3 is 0.958 bits per heavy atom. The van der Waals surface area contributed by atoms with Crippen LogP contribution in [0.2, 0.25) is 0 Å². The topological polar surface area (TPSA) is 190 Å². The van der Waals surface area contributed by atoms with E-state index in [0.717, 1.165) is 116 Å². The summed E-state index contributed by atoms with van der Waals surface area (Å²) in [6.45, 7) is 30.6. The van der Waals surface area contributed by atoms with Crippen molar-refractivity contribution in [2.45, 2.75) is 116 Å². The van der Waals surface area contributed by atoms with Gasteiger partial charge in [-0.2, -0.15) is 0 Å². The minimum Gasteiger partial charge on any atom is -0.512 e. The zero-order valence-corrected chi connectivity index (χ0v) is 78.4. The first kappa shape index (κ1) is 90.6. The number of aromatic nitrogens is 3. The maximum absolute atomic E-state index is 10.0. The molecule has 609 valence electrons. The summed E-state index contributed by atoms with van der Waals surface area (Å²) in [6.07, 6.45) is 3.50. The Labute approximate surface area is 745 Å². The Kier molecular flexibility index (Phi) is 29.7. The number of aryl methyl sites for hydroxylation is 7. The molecule has 0 unspecified atom stereocenters. The molecule has 119 heavy (non-hydrogen) atoms. The number of fused-ring (bicyclic) bond motifs is 12. The maximum Gasteiger partial charge on any atom is 0.155 e. The van der Waals surface area contributed by atoms with Crippen LogP contribution in [0.3, 0.4) is 0 Å². The fraction of sp³-hybridized carbons (Fsp3) is 0.168. The summed E-state index contributed by atoms with van der Waals surface area (Å²) in [5.74, 6) is -0.187. The first-order chi connectivity index (χ1) is 55.4. The quantitative estimate of drug-likeness (QED) is 0.0705. The molecule has 0 aliphatic heterocycles. The van der Waals surface area contributed by atoms with Crippen molar-refractivity contribution >= 4 is 148 Å². The molecule has 0 amide bonds. The van der Waals surface area contributed by atoms with E-state index < -0.39 is 0 Å². The average molecular weight is 2160 g/mol. The van der Waals surface area contributed by atoms with Crippen molar-refractivity contribution in [2.24, 2.45) is 0 Å². The number of hydrogen-bond acceptors (Lipinski definition) is 15. The molecule has 0 saturated heterocycles. The maximum atomic E-state index is 10.0. The van der Waals surface area contributed by atoms with E-state index in [1.165, 1.54) is 150 Å². The Balaban J connectivity index is 0.000000165.